The van der Waals surface area contributed by atoms with Crippen LogP contribution in [0.5, 0.6) is 11.5 Å². The van der Waals surface area contributed by atoms with Crippen LogP contribution in [0.15, 0.2) is 47.5 Å². The Morgan fingerprint density at radius 3 is 2.73 bits per heavy atom. The van der Waals surface area contributed by atoms with E-state index in [1.165, 1.54) is 38.7 Å². The highest BCUT2D eigenvalue weighted by atomic mass is 19.1. The van der Waals surface area contributed by atoms with Gasteiger partial charge in [0.1, 0.15) is 23.9 Å². The lowest BCUT2D eigenvalue weighted by Crippen LogP contribution is -2.28. The number of ether oxygens (including phenoxy) is 2. The molecule has 1 amide bonds. The molecule has 0 spiro atoms. The second-order valence-corrected chi connectivity index (χ2v) is 5.45. The van der Waals surface area contributed by atoms with E-state index >= 15 is 0 Å². The third kappa shape index (κ3) is 3.49. The molecule has 1 aromatic heterocycles. The quantitative estimate of drug-likeness (QED) is 0.757. The SMILES string of the molecule is COc1ccc(OC)c(NC(=O)Cn2cnc3cc(F)ccc3c2=O)c1. The fourth-order valence-corrected chi connectivity index (χ4v) is 2.50. The van der Waals surface area contributed by atoms with E-state index in [9.17, 15) is 14.0 Å². The highest BCUT2D eigenvalue weighted by molar-refractivity contribution is 5.92. The van der Waals surface area contributed by atoms with Gasteiger partial charge in [0.2, 0.25) is 5.91 Å². The molecule has 1 N–H and O–H groups in total. The second-order valence-electron chi connectivity index (χ2n) is 5.45. The van der Waals surface area contributed by atoms with Crippen molar-refractivity contribution in [1.29, 1.82) is 0 Å². The third-order valence-corrected chi connectivity index (χ3v) is 3.78. The van der Waals surface area contributed by atoms with Crippen LogP contribution in [0.3, 0.4) is 0 Å². The van der Waals surface area contributed by atoms with Gasteiger partial charge in [-0.2, -0.15) is 0 Å². The lowest BCUT2D eigenvalue weighted by Gasteiger charge is -2.12. The summed E-state index contributed by atoms with van der Waals surface area (Å²) in [6.07, 6.45) is 1.21. The summed E-state index contributed by atoms with van der Waals surface area (Å²) < 4.78 is 24.7. The molecule has 26 heavy (non-hydrogen) atoms. The van der Waals surface area contributed by atoms with Gasteiger partial charge in [-0.25, -0.2) is 9.37 Å². The van der Waals surface area contributed by atoms with E-state index < -0.39 is 17.3 Å². The van der Waals surface area contributed by atoms with Gasteiger partial charge in [-0.3, -0.25) is 14.2 Å². The van der Waals surface area contributed by atoms with Crippen LogP contribution in [-0.4, -0.2) is 29.7 Å². The molecule has 0 fully saturated rings. The molecule has 2 aromatic carbocycles. The van der Waals surface area contributed by atoms with Crippen molar-refractivity contribution in [3.05, 3.63) is 58.9 Å². The average molecular weight is 357 g/mol. The topological polar surface area (TPSA) is 82.4 Å². The van der Waals surface area contributed by atoms with Crippen LogP contribution in [-0.2, 0) is 11.3 Å². The number of amides is 1. The number of carbonyl (C=O) groups is 1. The van der Waals surface area contributed by atoms with Gasteiger partial charge in [-0.1, -0.05) is 0 Å². The van der Waals surface area contributed by atoms with E-state index in [1.807, 2.05) is 0 Å². The van der Waals surface area contributed by atoms with Gasteiger partial charge < -0.3 is 14.8 Å². The zero-order valence-electron chi connectivity index (χ0n) is 14.2. The summed E-state index contributed by atoms with van der Waals surface area (Å²) in [7, 11) is 2.99. The molecule has 8 heteroatoms. The van der Waals surface area contributed by atoms with Crippen LogP contribution in [0.25, 0.3) is 10.9 Å². The van der Waals surface area contributed by atoms with Crippen LogP contribution >= 0.6 is 0 Å². The van der Waals surface area contributed by atoms with Crippen LogP contribution in [0, 0.1) is 5.82 Å². The number of halogens is 1. The smallest absolute Gasteiger partial charge is 0.261 e. The fraction of sp³-hybridized carbons (Fsp3) is 0.167. The van der Waals surface area contributed by atoms with Gasteiger partial charge in [0.25, 0.3) is 5.56 Å². The lowest BCUT2D eigenvalue weighted by atomic mass is 10.2. The van der Waals surface area contributed by atoms with Gasteiger partial charge >= 0.3 is 0 Å². The summed E-state index contributed by atoms with van der Waals surface area (Å²) in [5, 5.41) is 2.91. The third-order valence-electron chi connectivity index (χ3n) is 3.78. The molecule has 0 aliphatic carbocycles. The number of anilines is 1. The van der Waals surface area contributed by atoms with Gasteiger partial charge in [-0.15, -0.1) is 0 Å². The van der Waals surface area contributed by atoms with Crippen molar-refractivity contribution >= 4 is 22.5 Å². The Morgan fingerprint density at radius 2 is 2.00 bits per heavy atom. The zero-order chi connectivity index (χ0) is 18.7. The molecule has 0 bridgehead atoms. The second kappa shape index (κ2) is 7.22. The Hall–Kier alpha value is -3.42. The Bertz CT molecular complexity index is 1030. The number of nitrogens with one attached hydrogen (secondary N) is 1. The first kappa shape index (κ1) is 17.4. The van der Waals surface area contributed by atoms with Crippen molar-refractivity contribution in [3.8, 4) is 11.5 Å². The number of nitrogens with zero attached hydrogens (tertiary/aromatic N) is 2. The number of benzene rings is 2. The Balaban J connectivity index is 1.85. The molecule has 0 radical (unpaired) electrons. The first-order chi connectivity index (χ1) is 12.5. The van der Waals surface area contributed by atoms with Crippen molar-refractivity contribution in [2.75, 3.05) is 19.5 Å². The number of carbonyl (C=O) groups excluding carboxylic acids is 1. The van der Waals surface area contributed by atoms with Crippen molar-refractivity contribution in [3.63, 3.8) is 0 Å². The highest BCUT2D eigenvalue weighted by Crippen LogP contribution is 2.28. The fourth-order valence-electron chi connectivity index (χ4n) is 2.50. The minimum absolute atomic E-state index is 0.237. The Labute approximate surface area is 148 Å². The molecular formula is C18H16FN3O4. The van der Waals surface area contributed by atoms with E-state index in [4.69, 9.17) is 9.47 Å². The summed E-state index contributed by atoms with van der Waals surface area (Å²) in [5.41, 5.74) is 0.226. The van der Waals surface area contributed by atoms with Crippen LogP contribution in [0.2, 0.25) is 0 Å². The first-order valence-corrected chi connectivity index (χ1v) is 7.68. The summed E-state index contributed by atoms with van der Waals surface area (Å²) in [5.74, 6) is 0.0817. The van der Waals surface area contributed by atoms with E-state index in [0.717, 1.165) is 4.57 Å². The molecule has 0 saturated heterocycles. The highest BCUT2D eigenvalue weighted by Gasteiger charge is 2.12. The predicted octanol–water partition coefficient (Wildman–Crippen LogP) is 2.19. The number of rotatable bonds is 5. The zero-order valence-corrected chi connectivity index (χ0v) is 14.2. The van der Waals surface area contributed by atoms with E-state index in [0.29, 0.717) is 17.2 Å². The molecule has 3 rings (SSSR count). The van der Waals surface area contributed by atoms with Gasteiger partial charge in [-0.05, 0) is 24.3 Å². The molecular weight excluding hydrogens is 341 g/mol. The molecule has 0 aliphatic heterocycles. The van der Waals surface area contributed by atoms with Crippen LogP contribution < -0.4 is 20.3 Å². The summed E-state index contributed by atoms with van der Waals surface area (Å²) >= 11 is 0. The van der Waals surface area contributed by atoms with Gasteiger partial charge in [0.15, 0.2) is 0 Å². The van der Waals surface area contributed by atoms with Crippen molar-refractivity contribution < 1.29 is 18.7 Å². The maximum atomic E-state index is 13.2. The summed E-state index contributed by atoms with van der Waals surface area (Å²) in [4.78, 5) is 28.8. The first-order valence-electron chi connectivity index (χ1n) is 7.68. The molecule has 7 nitrogen and oxygen atoms in total. The van der Waals surface area contributed by atoms with Crippen molar-refractivity contribution in [2.24, 2.45) is 0 Å². The Morgan fingerprint density at radius 1 is 1.19 bits per heavy atom. The number of hydrogen-bond acceptors (Lipinski definition) is 5. The number of fused-ring (bicyclic) bond motifs is 1. The van der Waals surface area contributed by atoms with Gasteiger partial charge in [0, 0.05) is 12.1 Å². The number of methoxy groups -OCH3 is 2. The van der Waals surface area contributed by atoms with Crippen LogP contribution in [0.4, 0.5) is 10.1 Å². The monoisotopic (exact) mass is 357 g/mol. The van der Waals surface area contributed by atoms with E-state index in [-0.39, 0.29) is 17.4 Å². The molecule has 0 saturated carbocycles. The normalized spacial score (nSPS) is 10.6. The van der Waals surface area contributed by atoms with Crippen LogP contribution in [0.1, 0.15) is 0 Å². The molecule has 0 unspecified atom stereocenters. The minimum Gasteiger partial charge on any atom is -0.497 e. The standard InChI is InChI=1S/C18H16FN3O4/c1-25-12-4-6-16(26-2)15(8-12)21-17(23)9-22-10-20-14-7-11(19)3-5-13(14)18(22)24/h3-8,10H,9H2,1-2H3,(H,21,23). The molecule has 0 aliphatic rings. The molecule has 1 heterocycles. The van der Waals surface area contributed by atoms with Gasteiger partial charge in [0.05, 0.1) is 37.1 Å². The average Bonchev–Trinajstić information content (AvgIpc) is 2.64. The largest absolute Gasteiger partial charge is 0.497 e. The van der Waals surface area contributed by atoms with E-state index in [2.05, 4.69) is 10.3 Å². The summed E-state index contributed by atoms with van der Waals surface area (Å²) in [6.45, 7) is -0.250. The predicted molar refractivity (Wildman–Crippen MR) is 94.1 cm³/mol. The lowest BCUT2D eigenvalue weighted by molar-refractivity contribution is -0.116. The Kier molecular flexibility index (Phi) is 4.83. The summed E-state index contributed by atoms with van der Waals surface area (Å²) in [6, 6.07) is 8.66. The maximum absolute atomic E-state index is 13.2. The maximum Gasteiger partial charge on any atom is 0.261 e. The minimum atomic E-state index is -0.481. The number of hydrogen-bond donors (Lipinski definition) is 1. The van der Waals surface area contributed by atoms with Crippen molar-refractivity contribution in [1.82, 2.24) is 9.55 Å². The number of aromatic nitrogens is 2. The molecule has 134 valence electrons. The molecule has 0 atom stereocenters. The van der Waals surface area contributed by atoms with E-state index in [1.54, 1.807) is 18.2 Å². The van der Waals surface area contributed by atoms with Crippen molar-refractivity contribution in [2.45, 2.75) is 6.54 Å². The molecule has 3 aromatic rings.